The Balaban J connectivity index is 1.53. The van der Waals surface area contributed by atoms with Gasteiger partial charge in [-0.15, -0.1) is 0 Å². The van der Waals surface area contributed by atoms with Gasteiger partial charge in [-0.1, -0.05) is 36.4 Å². The topological polar surface area (TPSA) is 48.0 Å². The molecule has 1 aliphatic heterocycles. The molecule has 0 aromatic heterocycles. The summed E-state index contributed by atoms with van der Waals surface area (Å²) in [5, 5.41) is 0. The molecule has 1 atom stereocenters. The van der Waals surface area contributed by atoms with Gasteiger partial charge in [0.05, 0.1) is 20.8 Å². The van der Waals surface area contributed by atoms with Gasteiger partial charge in [0.25, 0.3) is 0 Å². The van der Waals surface area contributed by atoms with E-state index in [2.05, 4.69) is 6.07 Å². The number of nitrogens with zero attached hydrogens (tertiary/aromatic N) is 1. The van der Waals surface area contributed by atoms with Crippen molar-refractivity contribution in [3.63, 3.8) is 0 Å². The van der Waals surface area contributed by atoms with E-state index in [0.29, 0.717) is 6.61 Å². The van der Waals surface area contributed by atoms with Crippen molar-refractivity contribution in [3.8, 4) is 11.5 Å². The van der Waals surface area contributed by atoms with Crippen molar-refractivity contribution in [2.75, 3.05) is 27.4 Å². The number of likely N-dealkylation sites (tertiary alicyclic amines) is 1. The number of amides is 1. The number of carbonyl (C=O) groups excluding carboxylic acids is 1. The van der Waals surface area contributed by atoms with Crippen LogP contribution in [0.1, 0.15) is 36.8 Å². The van der Waals surface area contributed by atoms with Crippen LogP contribution >= 0.6 is 0 Å². The Morgan fingerprint density at radius 3 is 2.55 bits per heavy atom. The molecule has 29 heavy (non-hydrogen) atoms. The Morgan fingerprint density at radius 2 is 1.79 bits per heavy atom. The third-order valence-corrected chi connectivity index (χ3v) is 5.50. The van der Waals surface area contributed by atoms with Gasteiger partial charge in [0.15, 0.2) is 11.5 Å². The van der Waals surface area contributed by atoms with Crippen molar-refractivity contribution in [2.24, 2.45) is 0 Å². The average Bonchev–Trinajstić information content (AvgIpc) is 2.78. The van der Waals surface area contributed by atoms with Gasteiger partial charge in [0.1, 0.15) is 6.61 Å². The van der Waals surface area contributed by atoms with E-state index < -0.39 is 0 Å². The van der Waals surface area contributed by atoms with Crippen LogP contribution in [-0.4, -0.2) is 44.2 Å². The first-order valence-electron chi connectivity index (χ1n) is 10.3. The van der Waals surface area contributed by atoms with E-state index in [-0.39, 0.29) is 18.6 Å². The molecule has 3 rings (SSSR count). The van der Waals surface area contributed by atoms with Crippen LogP contribution in [0.5, 0.6) is 11.5 Å². The number of rotatable bonds is 9. The minimum atomic E-state index is 0.0953. The summed E-state index contributed by atoms with van der Waals surface area (Å²) in [5.74, 6) is 1.58. The van der Waals surface area contributed by atoms with Crippen molar-refractivity contribution < 1.29 is 19.0 Å². The third-order valence-electron chi connectivity index (χ3n) is 5.50. The Bertz CT molecular complexity index is 778. The van der Waals surface area contributed by atoms with Crippen LogP contribution in [0.25, 0.3) is 0 Å². The lowest BCUT2D eigenvalue weighted by Gasteiger charge is -2.36. The average molecular weight is 398 g/mol. The second kappa shape index (κ2) is 10.9. The van der Waals surface area contributed by atoms with Crippen molar-refractivity contribution in [1.82, 2.24) is 4.90 Å². The number of methoxy groups -OCH3 is 2. The summed E-state index contributed by atoms with van der Waals surface area (Å²) in [6.07, 6.45) is 5.14. The predicted octanol–water partition coefficient (Wildman–Crippen LogP) is 4.23. The van der Waals surface area contributed by atoms with Crippen LogP contribution in [0.4, 0.5) is 0 Å². The lowest BCUT2D eigenvalue weighted by molar-refractivity contribution is -0.140. The summed E-state index contributed by atoms with van der Waals surface area (Å²) in [7, 11) is 3.29. The molecular formula is C24H31NO4. The van der Waals surface area contributed by atoms with Gasteiger partial charge in [-0.25, -0.2) is 0 Å². The molecule has 2 aromatic rings. The van der Waals surface area contributed by atoms with E-state index >= 15 is 0 Å². The first-order chi connectivity index (χ1) is 14.2. The number of benzene rings is 2. The van der Waals surface area contributed by atoms with E-state index in [9.17, 15) is 4.79 Å². The highest BCUT2D eigenvalue weighted by Gasteiger charge is 2.26. The number of carbonyl (C=O) groups is 1. The van der Waals surface area contributed by atoms with Crippen molar-refractivity contribution in [1.29, 1.82) is 0 Å². The summed E-state index contributed by atoms with van der Waals surface area (Å²) in [6, 6.07) is 16.3. The summed E-state index contributed by atoms with van der Waals surface area (Å²) >= 11 is 0. The molecule has 0 aliphatic carbocycles. The fraction of sp³-hybridized carbons (Fsp3) is 0.458. The Hall–Kier alpha value is -2.53. The van der Waals surface area contributed by atoms with Gasteiger partial charge >= 0.3 is 0 Å². The summed E-state index contributed by atoms with van der Waals surface area (Å²) in [4.78, 5) is 14.8. The normalized spacial score (nSPS) is 16.5. The smallest absolute Gasteiger partial charge is 0.248 e. The zero-order valence-electron chi connectivity index (χ0n) is 17.4. The highest BCUT2D eigenvalue weighted by Crippen LogP contribution is 2.29. The number of hydrogen-bond donors (Lipinski definition) is 0. The summed E-state index contributed by atoms with van der Waals surface area (Å²) < 4.78 is 16.4. The van der Waals surface area contributed by atoms with Crippen molar-refractivity contribution in [2.45, 2.75) is 44.8 Å². The maximum Gasteiger partial charge on any atom is 0.248 e. The molecule has 0 spiro atoms. The Labute approximate surface area is 173 Å². The van der Waals surface area contributed by atoms with Crippen molar-refractivity contribution in [3.05, 3.63) is 59.7 Å². The quantitative estimate of drug-likeness (QED) is 0.635. The molecule has 0 N–H and O–H groups in total. The van der Waals surface area contributed by atoms with Gasteiger partial charge < -0.3 is 19.1 Å². The lowest BCUT2D eigenvalue weighted by Crippen LogP contribution is -2.45. The monoisotopic (exact) mass is 397 g/mol. The second-order valence-electron chi connectivity index (χ2n) is 7.44. The zero-order chi connectivity index (χ0) is 20.5. The molecule has 2 aromatic carbocycles. The molecule has 1 heterocycles. The Morgan fingerprint density at radius 1 is 1.00 bits per heavy atom. The lowest BCUT2D eigenvalue weighted by atomic mass is 9.95. The fourth-order valence-corrected chi connectivity index (χ4v) is 3.91. The fourth-order valence-electron chi connectivity index (χ4n) is 3.91. The molecule has 1 saturated heterocycles. The maximum atomic E-state index is 12.8. The summed E-state index contributed by atoms with van der Waals surface area (Å²) in [5.41, 5.74) is 2.28. The maximum absolute atomic E-state index is 12.8. The molecule has 1 aliphatic rings. The number of ether oxygens (including phenoxy) is 3. The van der Waals surface area contributed by atoms with Gasteiger partial charge in [0.2, 0.25) is 5.91 Å². The minimum absolute atomic E-state index is 0.0953. The summed E-state index contributed by atoms with van der Waals surface area (Å²) in [6.45, 7) is 1.43. The Kier molecular flexibility index (Phi) is 7.94. The molecule has 0 radical (unpaired) electrons. The highest BCUT2D eigenvalue weighted by molar-refractivity contribution is 5.77. The van der Waals surface area contributed by atoms with E-state index in [4.69, 9.17) is 14.2 Å². The minimum Gasteiger partial charge on any atom is -0.493 e. The van der Waals surface area contributed by atoms with Crippen LogP contribution < -0.4 is 9.47 Å². The molecule has 0 saturated carbocycles. The van der Waals surface area contributed by atoms with Crippen LogP contribution in [0.3, 0.4) is 0 Å². The standard InChI is InChI=1S/C24H31NO4/c1-27-22-14-12-19(16-23(22)28-2)11-13-21-10-6-7-15-25(21)24(26)18-29-17-20-8-4-3-5-9-20/h3-5,8-9,12,14,16,21H,6-7,10-11,13,15,17-18H2,1-2H3. The van der Waals surface area contributed by atoms with Gasteiger partial charge in [-0.3, -0.25) is 4.79 Å². The molecule has 5 heteroatoms. The van der Waals surface area contributed by atoms with Crippen LogP contribution in [0.2, 0.25) is 0 Å². The largest absolute Gasteiger partial charge is 0.493 e. The predicted molar refractivity (Wildman–Crippen MR) is 113 cm³/mol. The third kappa shape index (κ3) is 5.97. The van der Waals surface area contributed by atoms with Gasteiger partial charge in [-0.05, 0) is 55.4 Å². The van der Waals surface area contributed by atoms with E-state index in [1.807, 2.05) is 47.4 Å². The molecular weight excluding hydrogens is 366 g/mol. The van der Waals surface area contributed by atoms with Gasteiger partial charge in [-0.2, -0.15) is 0 Å². The molecule has 1 amide bonds. The van der Waals surface area contributed by atoms with E-state index in [1.165, 1.54) is 12.0 Å². The molecule has 1 fully saturated rings. The first kappa shape index (κ1) is 21.2. The van der Waals surface area contributed by atoms with Crippen molar-refractivity contribution >= 4 is 5.91 Å². The SMILES string of the molecule is COc1ccc(CCC2CCCCN2C(=O)COCc2ccccc2)cc1OC. The van der Waals surface area contributed by atoms with Gasteiger partial charge in [0, 0.05) is 12.6 Å². The number of aryl methyl sites for hydroxylation is 1. The van der Waals surface area contributed by atoms with E-state index in [0.717, 1.165) is 49.3 Å². The number of hydrogen-bond acceptors (Lipinski definition) is 4. The molecule has 156 valence electrons. The van der Waals surface area contributed by atoms with Crippen LogP contribution in [0, 0.1) is 0 Å². The highest BCUT2D eigenvalue weighted by atomic mass is 16.5. The van der Waals surface area contributed by atoms with Crippen LogP contribution in [-0.2, 0) is 22.6 Å². The molecule has 1 unspecified atom stereocenters. The molecule has 5 nitrogen and oxygen atoms in total. The van der Waals surface area contributed by atoms with Crippen LogP contribution in [0.15, 0.2) is 48.5 Å². The zero-order valence-corrected chi connectivity index (χ0v) is 17.4. The second-order valence-corrected chi connectivity index (χ2v) is 7.44. The first-order valence-corrected chi connectivity index (χ1v) is 10.3. The number of piperidine rings is 1. The molecule has 0 bridgehead atoms. The van der Waals surface area contributed by atoms with E-state index in [1.54, 1.807) is 14.2 Å².